The Morgan fingerprint density at radius 1 is 1.35 bits per heavy atom. The van der Waals surface area contributed by atoms with E-state index in [0.717, 1.165) is 5.69 Å². The van der Waals surface area contributed by atoms with Crippen molar-refractivity contribution in [3.63, 3.8) is 0 Å². The number of hydrogen-bond acceptors (Lipinski definition) is 4. The molecule has 0 N–H and O–H groups in total. The summed E-state index contributed by atoms with van der Waals surface area (Å²) in [5.74, 6) is 0.797. The van der Waals surface area contributed by atoms with Gasteiger partial charge in [0, 0.05) is 12.7 Å². The van der Waals surface area contributed by atoms with E-state index in [1.165, 1.54) is 0 Å². The van der Waals surface area contributed by atoms with E-state index in [9.17, 15) is 4.79 Å². The Hall–Kier alpha value is -2.17. The van der Waals surface area contributed by atoms with Crippen LogP contribution in [-0.4, -0.2) is 23.1 Å². The van der Waals surface area contributed by atoms with Crippen LogP contribution in [0, 0.1) is 6.92 Å². The van der Waals surface area contributed by atoms with Gasteiger partial charge in [0.1, 0.15) is 6.42 Å². The number of anilines is 1. The molecule has 1 aromatic carbocycles. The predicted molar refractivity (Wildman–Crippen MR) is 62.6 cm³/mol. The van der Waals surface area contributed by atoms with Crippen molar-refractivity contribution in [2.24, 2.45) is 0 Å². The Kier molecular flexibility index (Phi) is 3.18. The molecule has 2 aromatic rings. The minimum Gasteiger partial charge on any atom is -0.339 e. The molecular weight excluding hydrogens is 218 g/mol. The molecule has 0 aliphatic rings. The summed E-state index contributed by atoms with van der Waals surface area (Å²) in [4.78, 5) is 17.5. The average molecular weight is 231 g/mol. The normalized spacial score (nSPS) is 10.2. The van der Waals surface area contributed by atoms with Crippen LogP contribution in [0.15, 0.2) is 34.9 Å². The fourth-order valence-electron chi connectivity index (χ4n) is 1.46. The van der Waals surface area contributed by atoms with Crippen molar-refractivity contribution in [3.8, 4) is 0 Å². The smallest absolute Gasteiger partial charge is 0.236 e. The minimum atomic E-state index is -0.0835. The third-order valence-corrected chi connectivity index (χ3v) is 2.39. The van der Waals surface area contributed by atoms with Crippen LogP contribution in [-0.2, 0) is 11.2 Å². The molecule has 0 radical (unpaired) electrons. The van der Waals surface area contributed by atoms with Gasteiger partial charge in [-0.05, 0) is 19.1 Å². The number of para-hydroxylation sites is 1. The molecule has 2 rings (SSSR count). The summed E-state index contributed by atoms with van der Waals surface area (Å²) in [5, 5.41) is 3.64. The highest BCUT2D eigenvalue weighted by Crippen LogP contribution is 2.12. The number of amides is 1. The number of nitrogens with zero attached hydrogens (tertiary/aromatic N) is 3. The van der Waals surface area contributed by atoms with E-state index in [-0.39, 0.29) is 12.3 Å². The maximum Gasteiger partial charge on any atom is 0.236 e. The summed E-state index contributed by atoms with van der Waals surface area (Å²) < 4.78 is 4.91. The Bertz CT molecular complexity index is 507. The number of hydrogen-bond donors (Lipinski definition) is 0. The van der Waals surface area contributed by atoms with E-state index in [4.69, 9.17) is 4.52 Å². The molecule has 88 valence electrons. The quantitative estimate of drug-likeness (QED) is 0.804. The summed E-state index contributed by atoms with van der Waals surface area (Å²) in [5.41, 5.74) is 0.841. The van der Waals surface area contributed by atoms with Crippen LogP contribution >= 0.6 is 0 Å². The van der Waals surface area contributed by atoms with Crippen molar-refractivity contribution in [1.82, 2.24) is 10.1 Å². The second kappa shape index (κ2) is 4.78. The summed E-state index contributed by atoms with van der Waals surface area (Å²) in [6, 6.07) is 9.42. The molecule has 0 atom stereocenters. The third-order valence-electron chi connectivity index (χ3n) is 2.39. The van der Waals surface area contributed by atoms with E-state index < -0.39 is 0 Å². The van der Waals surface area contributed by atoms with Gasteiger partial charge in [0.15, 0.2) is 5.82 Å². The largest absolute Gasteiger partial charge is 0.339 e. The van der Waals surface area contributed by atoms with Crippen molar-refractivity contribution in [2.45, 2.75) is 13.3 Å². The number of aryl methyl sites for hydroxylation is 1. The van der Waals surface area contributed by atoms with E-state index in [2.05, 4.69) is 10.1 Å². The van der Waals surface area contributed by atoms with Gasteiger partial charge in [0.05, 0.1) is 0 Å². The average Bonchev–Trinajstić information content (AvgIpc) is 2.75. The van der Waals surface area contributed by atoms with Gasteiger partial charge >= 0.3 is 0 Å². The highest BCUT2D eigenvalue weighted by atomic mass is 16.5. The molecular formula is C12H13N3O2. The van der Waals surface area contributed by atoms with Gasteiger partial charge in [0.25, 0.3) is 0 Å². The molecule has 0 aliphatic carbocycles. The Balaban J connectivity index is 2.06. The standard InChI is InChI=1S/C12H13N3O2/c1-9-13-11(17-14-9)8-12(16)15(2)10-6-4-3-5-7-10/h3-7H,8H2,1-2H3. The molecule has 5 heteroatoms. The van der Waals surface area contributed by atoms with E-state index in [0.29, 0.717) is 11.7 Å². The summed E-state index contributed by atoms with van der Waals surface area (Å²) in [6.07, 6.45) is 0.117. The number of aromatic nitrogens is 2. The Morgan fingerprint density at radius 2 is 2.06 bits per heavy atom. The predicted octanol–water partition coefficient (Wildman–Crippen LogP) is 1.58. The zero-order valence-corrected chi connectivity index (χ0v) is 9.75. The van der Waals surface area contributed by atoms with Crippen molar-refractivity contribution in [3.05, 3.63) is 42.0 Å². The summed E-state index contributed by atoms with van der Waals surface area (Å²) in [6.45, 7) is 1.72. The summed E-state index contributed by atoms with van der Waals surface area (Å²) >= 11 is 0. The molecule has 0 unspecified atom stereocenters. The van der Waals surface area contributed by atoms with Crippen LogP contribution < -0.4 is 4.90 Å². The zero-order valence-electron chi connectivity index (χ0n) is 9.75. The molecule has 0 aliphatic heterocycles. The number of rotatable bonds is 3. The maximum absolute atomic E-state index is 11.9. The van der Waals surface area contributed by atoms with Crippen molar-refractivity contribution < 1.29 is 9.32 Å². The first-order valence-corrected chi connectivity index (χ1v) is 5.27. The van der Waals surface area contributed by atoms with Crippen molar-refractivity contribution in [2.75, 3.05) is 11.9 Å². The SMILES string of the molecule is Cc1noc(CC(=O)N(C)c2ccccc2)n1. The number of likely N-dealkylation sites (N-methyl/N-ethyl adjacent to an activating group) is 1. The van der Waals surface area contributed by atoms with Gasteiger partial charge in [-0.2, -0.15) is 4.98 Å². The molecule has 0 spiro atoms. The Morgan fingerprint density at radius 3 is 2.65 bits per heavy atom. The molecule has 5 nitrogen and oxygen atoms in total. The van der Waals surface area contributed by atoms with Crippen molar-refractivity contribution >= 4 is 11.6 Å². The van der Waals surface area contributed by atoms with Gasteiger partial charge in [-0.25, -0.2) is 0 Å². The van der Waals surface area contributed by atoms with E-state index in [1.807, 2.05) is 30.3 Å². The number of carbonyl (C=O) groups is 1. The molecule has 1 heterocycles. The maximum atomic E-state index is 11.9. The first-order valence-electron chi connectivity index (χ1n) is 5.27. The van der Waals surface area contributed by atoms with Crippen LogP contribution in [0.2, 0.25) is 0 Å². The molecule has 0 saturated heterocycles. The van der Waals surface area contributed by atoms with Crippen LogP contribution in [0.4, 0.5) is 5.69 Å². The lowest BCUT2D eigenvalue weighted by Crippen LogP contribution is -2.27. The molecule has 0 saturated carbocycles. The topological polar surface area (TPSA) is 59.2 Å². The van der Waals surface area contributed by atoms with Crippen LogP contribution in [0.1, 0.15) is 11.7 Å². The first-order chi connectivity index (χ1) is 8.16. The molecule has 17 heavy (non-hydrogen) atoms. The monoisotopic (exact) mass is 231 g/mol. The third kappa shape index (κ3) is 2.69. The second-order valence-electron chi connectivity index (χ2n) is 3.70. The summed E-state index contributed by atoms with van der Waals surface area (Å²) in [7, 11) is 1.72. The highest BCUT2D eigenvalue weighted by Gasteiger charge is 2.14. The zero-order chi connectivity index (χ0) is 12.3. The number of benzene rings is 1. The first kappa shape index (κ1) is 11.3. The van der Waals surface area contributed by atoms with Crippen LogP contribution in [0.3, 0.4) is 0 Å². The lowest BCUT2D eigenvalue weighted by Gasteiger charge is -2.15. The molecule has 1 amide bonds. The van der Waals surface area contributed by atoms with Crippen LogP contribution in [0.5, 0.6) is 0 Å². The van der Waals surface area contributed by atoms with Gasteiger partial charge < -0.3 is 9.42 Å². The van der Waals surface area contributed by atoms with E-state index in [1.54, 1.807) is 18.9 Å². The lowest BCUT2D eigenvalue weighted by atomic mass is 10.3. The molecule has 0 fully saturated rings. The number of carbonyl (C=O) groups excluding carboxylic acids is 1. The Labute approximate surface area is 99.1 Å². The molecule has 1 aromatic heterocycles. The lowest BCUT2D eigenvalue weighted by molar-refractivity contribution is -0.118. The fraction of sp³-hybridized carbons (Fsp3) is 0.250. The molecule has 0 bridgehead atoms. The van der Waals surface area contributed by atoms with Gasteiger partial charge in [-0.3, -0.25) is 4.79 Å². The van der Waals surface area contributed by atoms with Gasteiger partial charge in [0.2, 0.25) is 11.8 Å². The van der Waals surface area contributed by atoms with Crippen molar-refractivity contribution in [1.29, 1.82) is 0 Å². The fourth-order valence-corrected chi connectivity index (χ4v) is 1.46. The second-order valence-corrected chi connectivity index (χ2v) is 3.70. The minimum absolute atomic E-state index is 0.0835. The van der Waals surface area contributed by atoms with Gasteiger partial charge in [-0.15, -0.1) is 0 Å². The highest BCUT2D eigenvalue weighted by molar-refractivity contribution is 5.93. The van der Waals surface area contributed by atoms with E-state index >= 15 is 0 Å². The van der Waals surface area contributed by atoms with Crippen LogP contribution in [0.25, 0.3) is 0 Å². The van der Waals surface area contributed by atoms with Gasteiger partial charge in [-0.1, -0.05) is 23.4 Å².